The molecule has 0 bridgehead atoms. The van der Waals surface area contributed by atoms with Gasteiger partial charge in [0.25, 0.3) is 0 Å². The molecule has 0 amide bonds. The molecule has 3 nitrogen and oxygen atoms in total. The van der Waals surface area contributed by atoms with Crippen molar-refractivity contribution in [2.45, 2.75) is 6.42 Å². The molecule has 2 rings (SSSR count). The predicted molar refractivity (Wildman–Crippen MR) is 64.0 cm³/mol. The molecule has 1 aromatic heterocycles. The molecule has 1 aromatic carbocycles. The van der Waals surface area contributed by atoms with Gasteiger partial charge in [0.2, 0.25) is 0 Å². The highest BCUT2D eigenvalue weighted by molar-refractivity contribution is 9.10. The quantitative estimate of drug-likeness (QED) is 0.939. The Morgan fingerprint density at radius 1 is 1.44 bits per heavy atom. The van der Waals surface area contributed by atoms with Crippen LogP contribution in [0.2, 0.25) is 0 Å². The van der Waals surface area contributed by atoms with Crippen LogP contribution < -0.4 is 5.73 Å². The maximum absolute atomic E-state index is 13.0. The lowest BCUT2D eigenvalue weighted by molar-refractivity contribution is 0.625. The molecule has 0 aliphatic rings. The van der Waals surface area contributed by atoms with Crippen LogP contribution >= 0.6 is 15.9 Å². The molecular weight excluding hydrogens is 273 g/mol. The number of hydrogen-bond acceptors (Lipinski definition) is 2. The predicted octanol–water partition coefficient (Wildman–Crippen LogP) is 2.28. The normalized spacial score (nSPS) is 10.7. The molecule has 0 aliphatic heterocycles. The van der Waals surface area contributed by atoms with Gasteiger partial charge in [-0.2, -0.15) is 5.10 Å². The van der Waals surface area contributed by atoms with Crippen LogP contribution in [-0.4, -0.2) is 16.3 Å². The summed E-state index contributed by atoms with van der Waals surface area (Å²) in [7, 11) is 0. The van der Waals surface area contributed by atoms with E-state index in [1.54, 1.807) is 23.0 Å². The second kappa shape index (κ2) is 4.76. The number of halogens is 2. The van der Waals surface area contributed by atoms with E-state index in [0.29, 0.717) is 18.7 Å². The number of benzene rings is 1. The Balaban J connectivity index is 2.37. The van der Waals surface area contributed by atoms with E-state index in [-0.39, 0.29) is 5.82 Å². The van der Waals surface area contributed by atoms with Crippen molar-refractivity contribution in [2.75, 3.05) is 6.54 Å². The van der Waals surface area contributed by atoms with Crippen molar-refractivity contribution in [3.63, 3.8) is 0 Å². The molecule has 5 heteroatoms. The van der Waals surface area contributed by atoms with Crippen molar-refractivity contribution < 1.29 is 4.39 Å². The van der Waals surface area contributed by atoms with Crippen molar-refractivity contribution in [3.8, 4) is 5.69 Å². The standard InChI is InChI=1S/C11H11BrFN3/c12-10-7-16(15-11(10)4-5-14)9-3-1-2-8(13)6-9/h1-3,6-7H,4-5,14H2. The van der Waals surface area contributed by atoms with E-state index >= 15 is 0 Å². The molecule has 0 aliphatic carbocycles. The zero-order valence-electron chi connectivity index (χ0n) is 8.53. The molecule has 16 heavy (non-hydrogen) atoms. The molecule has 2 aromatic rings. The number of nitrogens with zero attached hydrogens (tertiary/aromatic N) is 2. The Morgan fingerprint density at radius 2 is 2.25 bits per heavy atom. The molecule has 84 valence electrons. The van der Waals surface area contributed by atoms with Gasteiger partial charge in [-0.1, -0.05) is 6.07 Å². The van der Waals surface area contributed by atoms with Gasteiger partial charge >= 0.3 is 0 Å². The van der Waals surface area contributed by atoms with Crippen LogP contribution in [0.1, 0.15) is 5.69 Å². The van der Waals surface area contributed by atoms with Gasteiger partial charge in [0.1, 0.15) is 5.82 Å². The zero-order valence-corrected chi connectivity index (χ0v) is 10.1. The lowest BCUT2D eigenvalue weighted by Crippen LogP contribution is -2.04. The second-order valence-corrected chi connectivity index (χ2v) is 4.24. The third-order valence-corrected chi connectivity index (χ3v) is 2.86. The van der Waals surface area contributed by atoms with Crippen LogP contribution in [-0.2, 0) is 6.42 Å². The summed E-state index contributed by atoms with van der Waals surface area (Å²) in [5.74, 6) is -0.274. The molecule has 0 spiro atoms. The Morgan fingerprint density at radius 3 is 2.94 bits per heavy atom. The average molecular weight is 284 g/mol. The molecule has 0 unspecified atom stereocenters. The smallest absolute Gasteiger partial charge is 0.125 e. The molecule has 1 heterocycles. The van der Waals surface area contributed by atoms with Crippen molar-refractivity contribution >= 4 is 15.9 Å². The van der Waals surface area contributed by atoms with Crippen LogP contribution in [0, 0.1) is 5.82 Å². The Hall–Kier alpha value is -1.20. The largest absolute Gasteiger partial charge is 0.330 e. The number of aromatic nitrogens is 2. The summed E-state index contributed by atoms with van der Waals surface area (Å²) in [6.45, 7) is 0.540. The minimum atomic E-state index is -0.274. The molecule has 2 N–H and O–H groups in total. The first kappa shape index (κ1) is 11.3. The highest BCUT2D eigenvalue weighted by atomic mass is 79.9. The van der Waals surface area contributed by atoms with Gasteiger partial charge in [0.05, 0.1) is 15.9 Å². The zero-order chi connectivity index (χ0) is 11.5. The van der Waals surface area contributed by atoms with Crippen LogP contribution in [0.15, 0.2) is 34.9 Å². The van der Waals surface area contributed by atoms with E-state index in [4.69, 9.17) is 5.73 Å². The van der Waals surface area contributed by atoms with Crippen molar-refractivity contribution in [3.05, 3.63) is 46.4 Å². The monoisotopic (exact) mass is 283 g/mol. The van der Waals surface area contributed by atoms with Crippen LogP contribution in [0.3, 0.4) is 0 Å². The first-order valence-electron chi connectivity index (χ1n) is 4.91. The Kier molecular flexibility index (Phi) is 3.36. The SMILES string of the molecule is NCCc1nn(-c2cccc(F)c2)cc1Br. The number of rotatable bonds is 3. The van der Waals surface area contributed by atoms with Gasteiger partial charge < -0.3 is 5.73 Å². The second-order valence-electron chi connectivity index (χ2n) is 3.39. The maximum atomic E-state index is 13.0. The topological polar surface area (TPSA) is 43.8 Å². The highest BCUT2D eigenvalue weighted by Crippen LogP contribution is 2.18. The van der Waals surface area contributed by atoms with E-state index in [2.05, 4.69) is 21.0 Å². The number of nitrogens with two attached hydrogens (primary N) is 1. The molecule has 0 saturated carbocycles. The lowest BCUT2D eigenvalue weighted by Gasteiger charge is -2.00. The number of hydrogen-bond donors (Lipinski definition) is 1. The molecule has 0 saturated heterocycles. The van der Waals surface area contributed by atoms with Crippen molar-refractivity contribution in [2.24, 2.45) is 5.73 Å². The van der Waals surface area contributed by atoms with Crippen LogP contribution in [0.5, 0.6) is 0 Å². The summed E-state index contributed by atoms with van der Waals surface area (Å²) in [5, 5.41) is 4.33. The highest BCUT2D eigenvalue weighted by Gasteiger charge is 2.07. The molecule has 0 atom stereocenters. The van der Waals surface area contributed by atoms with E-state index in [0.717, 1.165) is 10.2 Å². The summed E-state index contributed by atoms with van der Waals surface area (Å²) in [4.78, 5) is 0. The minimum Gasteiger partial charge on any atom is -0.330 e. The fourth-order valence-electron chi connectivity index (χ4n) is 1.45. The third-order valence-electron chi connectivity index (χ3n) is 2.19. The van der Waals surface area contributed by atoms with E-state index in [1.165, 1.54) is 12.1 Å². The van der Waals surface area contributed by atoms with Gasteiger partial charge in [0, 0.05) is 12.6 Å². The van der Waals surface area contributed by atoms with Gasteiger partial charge in [-0.3, -0.25) is 0 Å². The van der Waals surface area contributed by atoms with Crippen LogP contribution in [0.4, 0.5) is 4.39 Å². The van der Waals surface area contributed by atoms with Gasteiger partial charge in [0.15, 0.2) is 0 Å². The van der Waals surface area contributed by atoms with Gasteiger partial charge in [-0.25, -0.2) is 9.07 Å². The van der Waals surface area contributed by atoms with Gasteiger partial charge in [-0.15, -0.1) is 0 Å². The average Bonchev–Trinajstić information content (AvgIpc) is 2.61. The first-order chi connectivity index (χ1) is 7.70. The Bertz CT molecular complexity index is 496. The van der Waals surface area contributed by atoms with Crippen molar-refractivity contribution in [1.82, 2.24) is 9.78 Å². The fourth-order valence-corrected chi connectivity index (χ4v) is 1.92. The van der Waals surface area contributed by atoms with Crippen LogP contribution in [0.25, 0.3) is 5.69 Å². The van der Waals surface area contributed by atoms with E-state index in [1.807, 2.05) is 0 Å². The molecule has 0 fully saturated rings. The van der Waals surface area contributed by atoms with Crippen molar-refractivity contribution in [1.29, 1.82) is 0 Å². The van der Waals surface area contributed by atoms with Gasteiger partial charge in [-0.05, 0) is 40.7 Å². The maximum Gasteiger partial charge on any atom is 0.125 e. The lowest BCUT2D eigenvalue weighted by atomic mass is 10.3. The summed E-state index contributed by atoms with van der Waals surface area (Å²) in [6.07, 6.45) is 2.50. The molecule has 0 radical (unpaired) electrons. The fraction of sp³-hybridized carbons (Fsp3) is 0.182. The first-order valence-corrected chi connectivity index (χ1v) is 5.70. The third kappa shape index (κ3) is 2.31. The Labute approximate surface area is 101 Å². The van der Waals surface area contributed by atoms with E-state index in [9.17, 15) is 4.39 Å². The molecular formula is C11H11BrFN3. The summed E-state index contributed by atoms with van der Waals surface area (Å²) < 4.78 is 15.6. The minimum absolute atomic E-state index is 0.274. The summed E-state index contributed by atoms with van der Waals surface area (Å²) >= 11 is 3.40. The summed E-state index contributed by atoms with van der Waals surface area (Å²) in [5.41, 5.74) is 7.05. The van der Waals surface area contributed by atoms with E-state index < -0.39 is 0 Å². The summed E-state index contributed by atoms with van der Waals surface area (Å²) in [6, 6.07) is 6.30.